The lowest BCUT2D eigenvalue weighted by atomic mass is 9.94. The molecule has 2 aliphatic rings. The number of allylic oxidation sites excluding steroid dienone is 2. The molecule has 0 radical (unpaired) electrons. The molecule has 1 spiro atoms. The predicted molar refractivity (Wildman–Crippen MR) is 154 cm³/mol. The van der Waals surface area contributed by atoms with Crippen LogP contribution in [-0.4, -0.2) is 35.4 Å². The summed E-state index contributed by atoms with van der Waals surface area (Å²) in [6.07, 6.45) is 7.25. The Morgan fingerprint density at radius 3 is 1.92 bits per heavy atom. The van der Waals surface area contributed by atoms with Crippen molar-refractivity contribution in [3.63, 3.8) is 0 Å². The molecule has 2 aromatic rings. The van der Waals surface area contributed by atoms with Crippen molar-refractivity contribution in [1.29, 1.82) is 0 Å². The van der Waals surface area contributed by atoms with Gasteiger partial charge in [0.05, 0.1) is 16.3 Å². The second-order valence-electron chi connectivity index (χ2n) is 12.7. The molecule has 2 atom stereocenters. The number of halogens is 2. The minimum atomic E-state index is -2.24. The molecule has 2 nitrogen and oxygen atoms in total. The second kappa shape index (κ2) is 10.1. The quantitative estimate of drug-likeness (QED) is 0.188. The Morgan fingerprint density at radius 1 is 0.889 bits per heavy atom. The maximum atomic E-state index is 6.80. The molecule has 1 aliphatic heterocycles. The summed E-state index contributed by atoms with van der Waals surface area (Å²) in [4.78, 5) is -0.440. The van der Waals surface area contributed by atoms with Gasteiger partial charge in [-0.05, 0) is 93.9 Å². The molecule has 2 unspecified atom stereocenters. The second-order valence-corrected chi connectivity index (χ2v) is 18.1. The van der Waals surface area contributed by atoms with Gasteiger partial charge in [-0.25, -0.2) is 0 Å². The van der Waals surface area contributed by atoms with E-state index in [1.165, 1.54) is 47.6 Å². The molecule has 1 aliphatic carbocycles. The maximum absolute atomic E-state index is 6.80. The van der Waals surface area contributed by atoms with Gasteiger partial charge in [-0.1, -0.05) is 74.3 Å². The van der Waals surface area contributed by atoms with E-state index < -0.39 is 13.1 Å². The number of nitrogens with zero attached hydrogens (tertiary/aromatic N) is 1. The summed E-state index contributed by atoms with van der Waals surface area (Å²) in [5.74, 6) is 0. The molecule has 0 aromatic heterocycles. The molecule has 0 N–H and O–H groups in total. The monoisotopic (exact) mass is 544 g/mol. The SMILES string of the molecule is CC(C)(C)OCCCCCC[Si]1(C)N(C(C)(C)C)C(C(Cl)[ClH+])=CC12c1ccccc1-c1ccccc12. The van der Waals surface area contributed by atoms with Crippen LogP contribution >= 0.6 is 11.6 Å². The minimum Gasteiger partial charge on any atom is -0.389 e. The molecule has 4 rings (SSSR count). The number of unbranched alkanes of at least 4 members (excludes halogenated alkanes) is 3. The summed E-state index contributed by atoms with van der Waals surface area (Å²) in [7, 11) is -2.24. The van der Waals surface area contributed by atoms with Crippen LogP contribution in [0, 0.1) is 11.6 Å². The molecule has 0 saturated heterocycles. The highest BCUT2D eigenvalue weighted by Gasteiger charge is 2.65. The third-order valence-corrected chi connectivity index (χ3v) is 14.0. The van der Waals surface area contributed by atoms with E-state index in [-0.39, 0.29) is 16.2 Å². The number of alkyl halides is 2. The molecule has 0 saturated carbocycles. The van der Waals surface area contributed by atoms with Gasteiger partial charge in [0.2, 0.25) is 0 Å². The van der Waals surface area contributed by atoms with E-state index >= 15 is 0 Å². The van der Waals surface area contributed by atoms with Gasteiger partial charge >= 0.3 is 0 Å². The van der Waals surface area contributed by atoms with E-state index in [1.807, 2.05) is 0 Å². The molecule has 0 fully saturated rings. The Balaban J connectivity index is 1.73. The number of hydrogen-bond acceptors (Lipinski definition) is 2. The zero-order valence-corrected chi connectivity index (χ0v) is 25.7. The summed E-state index contributed by atoms with van der Waals surface area (Å²) in [5.41, 5.74) is 6.64. The van der Waals surface area contributed by atoms with Crippen LogP contribution in [0.15, 0.2) is 60.3 Å². The van der Waals surface area contributed by atoms with Crippen LogP contribution in [-0.2, 0) is 9.78 Å². The Morgan fingerprint density at radius 2 is 1.42 bits per heavy atom. The first-order valence-corrected chi connectivity index (χ1v) is 17.1. The number of rotatable bonds is 8. The summed E-state index contributed by atoms with van der Waals surface area (Å²) in [5, 5.41) is -0.149. The van der Waals surface area contributed by atoms with E-state index in [1.54, 1.807) is 0 Å². The Labute approximate surface area is 230 Å². The maximum Gasteiger partial charge on any atom is 0.290 e. The van der Waals surface area contributed by atoms with Crippen molar-refractivity contribution in [2.75, 3.05) is 6.61 Å². The van der Waals surface area contributed by atoms with Gasteiger partial charge in [-0.2, -0.15) is 0 Å². The standard InChI is InChI=1S/C31H44Cl2NOSi/c1-29(2,3)34-27(28(32)33)22-31(36(34,7)21-15-9-8-14-20-35-30(4,5)6)25-18-12-10-16-23(25)24-17-11-13-19-26(24)31/h10-13,16-19,22,28,32H,8-9,14-15,20-21H2,1-7H3/q+1. The van der Waals surface area contributed by atoms with Crippen molar-refractivity contribution >= 4 is 19.8 Å². The van der Waals surface area contributed by atoms with Crippen molar-refractivity contribution in [3.8, 4) is 11.1 Å². The third kappa shape index (κ3) is 4.82. The van der Waals surface area contributed by atoms with Crippen molar-refractivity contribution in [3.05, 3.63) is 71.4 Å². The van der Waals surface area contributed by atoms with Gasteiger partial charge in [0.15, 0.2) is 8.24 Å². The van der Waals surface area contributed by atoms with Crippen LogP contribution < -0.4 is 0 Å². The van der Waals surface area contributed by atoms with Gasteiger partial charge in [0.1, 0.15) is 11.6 Å². The van der Waals surface area contributed by atoms with Crippen LogP contribution in [0.2, 0.25) is 12.6 Å². The van der Waals surface area contributed by atoms with Crippen LogP contribution in [0.5, 0.6) is 0 Å². The minimum absolute atomic E-state index is 0.0581. The van der Waals surface area contributed by atoms with E-state index in [0.717, 1.165) is 18.7 Å². The van der Waals surface area contributed by atoms with Gasteiger partial charge in [0.25, 0.3) is 4.84 Å². The Bertz CT molecular complexity index is 1070. The number of ether oxygens (including phenoxy) is 1. The molecule has 0 amide bonds. The largest absolute Gasteiger partial charge is 0.389 e. The molecular formula is C31H44Cl2NOSi+. The van der Waals surface area contributed by atoms with Crippen LogP contribution in [0.1, 0.15) is 78.4 Å². The lowest BCUT2D eigenvalue weighted by Crippen LogP contribution is -2.65. The molecule has 5 heteroatoms. The molecule has 196 valence electrons. The van der Waals surface area contributed by atoms with E-state index in [4.69, 9.17) is 27.9 Å². The number of benzene rings is 2. The van der Waals surface area contributed by atoms with Crippen LogP contribution in [0.4, 0.5) is 0 Å². The van der Waals surface area contributed by atoms with Gasteiger partial charge in [-0.3, -0.25) is 0 Å². The topological polar surface area (TPSA) is 12.5 Å². The lowest BCUT2D eigenvalue weighted by Gasteiger charge is -2.52. The third-order valence-electron chi connectivity index (χ3n) is 7.96. The number of fused-ring (bicyclic) bond motifs is 5. The fourth-order valence-electron chi connectivity index (χ4n) is 6.81. The highest BCUT2D eigenvalue weighted by atomic mass is 35.5. The Hall–Kier alpha value is -1.26. The summed E-state index contributed by atoms with van der Waals surface area (Å²) in [6.45, 7) is 16.8. The Kier molecular flexibility index (Phi) is 7.81. The average molecular weight is 546 g/mol. The summed E-state index contributed by atoms with van der Waals surface area (Å²) in [6, 6.07) is 19.3. The smallest absolute Gasteiger partial charge is 0.290 e. The summed E-state index contributed by atoms with van der Waals surface area (Å²) >= 11 is 12.6. The molecule has 2 aromatic carbocycles. The molecule has 0 bridgehead atoms. The van der Waals surface area contributed by atoms with Crippen LogP contribution in [0.3, 0.4) is 0 Å². The zero-order chi connectivity index (χ0) is 26.4. The molecular weight excluding hydrogens is 501 g/mol. The van der Waals surface area contributed by atoms with Crippen molar-refractivity contribution in [2.24, 2.45) is 0 Å². The van der Waals surface area contributed by atoms with Gasteiger partial charge in [0, 0.05) is 12.1 Å². The zero-order valence-electron chi connectivity index (χ0n) is 23.2. The predicted octanol–water partition coefficient (Wildman–Crippen LogP) is 8.29. The van der Waals surface area contributed by atoms with E-state index in [2.05, 4.69) is 107 Å². The van der Waals surface area contributed by atoms with E-state index in [0.29, 0.717) is 0 Å². The highest BCUT2D eigenvalue weighted by Crippen LogP contribution is 2.61. The fraction of sp³-hybridized carbons (Fsp3) is 0.548. The van der Waals surface area contributed by atoms with Gasteiger partial charge < -0.3 is 9.30 Å². The normalized spacial score (nSPS) is 21.5. The van der Waals surface area contributed by atoms with Crippen molar-refractivity contribution in [2.45, 2.75) is 101 Å². The lowest BCUT2D eigenvalue weighted by molar-refractivity contribution is -0.380. The average Bonchev–Trinajstić information content (AvgIpc) is 3.24. The van der Waals surface area contributed by atoms with Crippen molar-refractivity contribution in [1.82, 2.24) is 4.57 Å². The van der Waals surface area contributed by atoms with Crippen LogP contribution in [0.25, 0.3) is 11.1 Å². The highest BCUT2D eigenvalue weighted by molar-refractivity contribution is 6.82. The first-order chi connectivity index (χ1) is 16.8. The fourth-order valence-corrected chi connectivity index (χ4v) is 13.5. The van der Waals surface area contributed by atoms with Gasteiger partial charge in [-0.15, -0.1) is 0 Å². The van der Waals surface area contributed by atoms with Crippen molar-refractivity contribution < 1.29 is 16.3 Å². The first-order valence-electron chi connectivity index (χ1n) is 13.5. The molecule has 36 heavy (non-hydrogen) atoms. The summed E-state index contributed by atoms with van der Waals surface area (Å²) < 4.78 is 8.67. The number of hydrogen-bond donors (Lipinski definition) is 0. The molecule has 1 heterocycles. The van der Waals surface area contributed by atoms with E-state index in [9.17, 15) is 0 Å². The first kappa shape index (κ1) is 27.8.